The van der Waals surface area contributed by atoms with Crippen molar-refractivity contribution in [2.24, 2.45) is 11.7 Å². The van der Waals surface area contributed by atoms with Gasteiger partial charge in [-0.15, -0.1) is 0 Å². The first-order chi connectivity index (χ1) is 9.52. The summed E-state index contributed by atoms with van der Waals surface area (Å²) in [5.41, 5.74) is 7.74. The third-order valence-corrected chi connectivity index (χ3v) is 5.35. The van der Waals surface area contributed by atoms with Crippen molar-refractivity contribution in [1.82, 2.24) is 0 Å². The summed E-state index contributed by atoms with van der Waals surface area (Å²) >= 11 is 12.0. The van der Waals surface area contributed by atoms with Crippen molar-refractivity contribution in [3.8, 4) is 0 Å². The minimum atomic E-state index is -0.0557. The lowest BCUT2D eigenvalue weighted by atomic mass is 9.73. The zero-order chi connectivity index (χ0) is 14.6. The Bertz CT molecular complexity index is 437. The fourth-order valence-electron chi connectivity index (χ4n) is 3.27. The maximum absolute atomic E-state index is 6.59. The summed E-state index contributed by atoms with van der Waals surface area (Å²) in [6.45, 7) is 2.26. The van der Waals surface area contributed by atoms with Crippen molar-refractivity contribution in [2.75, 3.05) is 0 Å². The van der Waals surface area contributed by atoms with E-state index in [1.165, 1.54) is 37.7 Å². The van der Waals surface area contributed by atoms with Crippen molar-refractivity contribution in [1.29, 1.82) is 0 Å². The molecule has 1 aliphatic carbocycles. The molecule has 1 aliphatic rings. The van der Waals surface area contributed by atoms with Gasteiger partial charge in [-0.05, 0) is 55.7 Å². The maximum Gasteiger partial charge on any atom is 0.0595 e. The fraction of sp³-hybridized carbons (Fsp3) is 0.647. The summed E-state index contributed by atoms with van der Waals surface area (Å²) < 4.78 is 0. The summed E-state index contributed by atoms with van der Waals surface area (Å²) in [5, 5.41) is 1.24. The van der Waals surface area contributed by atoms with E-state index in [0.717, 1.165) is 25.2 Å². The molecule has 1 aromatic rings. The van der Waals surface area contributed by atoms with Crippen LogP contribution in [0, 0.1) is 5.92 Å². The SMILES string of the molecule is CCCCC1CCC(N)(Cc2ccc(Cl)c(Cl)c2)CC1. The number of hydrogen-bond acceptors (Lipinski definition) is 1. The zero-order valence-corrected chi connectivity index (χ0v) is 13.8. The molecular formula is C17H25Cl2N. The normalized spacial score (nSPS) is 26.7. The maximum atomic E-state index is 6.59. The van der Waals surface area contributed by atoms with Gasteiger partial charge in [0.15, 0.2) is 0 Å². The summed E-state index contributed by atoms with van der Waals surface area (Å²) in [6.07, 6.45) is 9.74. The predicted molar refractivity (Wildman–Crippen MR) is 88.6 cm³/mol. The van der Waals surface area contributed by atoms with E-state index in [-0.39, 0.29) is 5.54 Å². The number of unbranched alkanes of at least 4 members (excludes halogenated alkanes) is 1. The second-order valence-corrected chi connectivity index (χ2v) is 7.19. The number of nitrogens with two attached hydrogens (primary N) is 1. The Labute approximate surface area is 132 Å². The van der Waals surface area contributed by atoms with Crippen molar-refractivity contribution in [3.05, 3.63) is 33.8 Å². The van der Waals surface area contributed by atoms with Gasteiger partial charge in [0.2, 0.25) is 0 Å². The summed E-state index contributed by atoms with van der Waals surface area (Å²) in [5.74, 6) is 0.889. The third-order valence-electron chi connectivity index (χ3n) is 4.61. The molecule has 0 spiro atoms. The number of hydrogen-bond donors (Lipinski definition) is 1. The van der Waals surface area contributed by atoms with E-state index in [0.29, 0.717) is 10.0 Å². The zero-order valence-electron chi connectivity index (χ0n) is 12.3. The van der Waals surface area contributed by atoms with E-state index in [1.807, 2.05) is 18.2 Å². The monoisotopic (exact) mass is 313 g/mol. The molecule has 3 heteroatoms. The van der Waals surface area contributed by atoms with Gasteiger partial charge >= 0.3 is 0 Å². The molecule has 1 aromatic carbocycles. The van der Waals surface area contributed by atoms with Crippen molar-refractivity contribution in [3.63, 3.8) is 0 Å². The first-order valence-corrected chi connectivity index (χ1v) is 8.51. The van der Waals surface area contributed by atoms with Gasteiger partial charge in [-0.2, -0.15) is 0 Å². The minimum absolute atomic E-state index is 0.0557. The largest absolute Gasteiger partial charge is 0.325 e. The van der Waals surface area contributed by atoms with Crippen LogP contribution in [0.3, 0.4) is 0 Å². The Morgan fingerprint density at radius 3 is 2.50 bits per heavy atom. The molecule has 0 atom stereocenters. The summed E-state index contributed by atoms with van der Waals surface area (Å²) in [6, 6.07) is 5.88. The number of rotatable bonds is 5. The average Bonchev–Trinajstić information content (AvgIpc) is 2.42. The van der Waals surface area contributed by atoms with Crippen LogP contribution in [-0.4, -0.2) is 5.54 Å². The van der Waals surface area contributed by atoms with Crippen molar-refractivity contribution >= 4 is 23.2 Å². The molecular weight excluding hydrogens is 289 g/mol. The molecule has 0 aromatic heterocycles. The molecule has 1 nitrogen and oxygen atoms in total. The smallest absolute Gasteiger partial charge is 0.0595 e. The number of benzene rings is 1. The van der Waals surface area contributed by atoms with E-state index in [2.05, 4.69) is 6.92 Å². The van der Waals surface area contributed by atoms with Crippen molar-refractivity contribution < 1.29 is 0 Å². The fourth-order valence-corrected chi connectivity index (χ4v) is 3.59. The second kappa shape index (κ2) is 7.15. The third kappa shape index (κ3) is 4.38. The van der Waals surface area contributed by atoms with Crippen LogP contribution in [-0.2, 0) is 6.42 Å². The van der Waals surface area contributed by atoms with Crippen molar-refractivity contribution in [2.45, 2.75) is 63.8 Å². The Hall–Kier alpha value is -0.240. The summed E-state index contributed by atoms with van der Waals surface area (Å²) in [4.78, 5) is 0. The Morgan fingerprint density at radius 1 is 1.20 bits per heavy atom. The lowest BCUT2D eigenvalue weighted by Gasteiger charge is -2.37. The van der Waals surface area contributed by atoms with Gasteiger partial charge in [-0.25, -0.2) is 0 Å². The van der Waals surface area contributed by atoms with Gasteiger partial charge in [0.1, 0.15) is 0 Å². The first-order valence-electron chi connectivity index (χ1n) is 7.75. The number of halogens is 2. The molecule has 112 valence electrons. The van der Waals surface area contributed by atoms with Gasteiger partial charge < -0.3 is 5.73 Å². The minimum Gasteiger partial charge on any atom is -0.325 e. The van der Waals surface area contributed by atoms with Crippen LogP contribution in [0.4, 0.5) is 0 Å². The molecule has 1 saturated carbocycles. The molecule has 0 radical (unpaired) electrons. The van der Waals surface area contributed by atoms with E-state index in [1.54, 1.807) is 0 Å². The molecule has 0 bridgehead atoms. The molecule has 0 amide bonds. The van der Waals surface area contributed by atoms with Crippen LogP contribution in [0.25, 0.3) is 0 Å². The van der Waals surface area contributed by atoms with Gasteiger partial charge in [0.05, 0.1) is 10.0 Å². The lowest BCUT2D eigenvalue weighted by Crippen LogP contribution is -2.45. The molecule has 0 aliphatic heterocycles. The van der Waals surface area contributed by atoms with Crippen LogP contribution >= 0.6 is 23.2 Å². The highest BCUT2D eigenvalue weighted by Crippen LogP contribution is 2.35. The second-order valence-electron chi connectivity index (χ2n) is 6.37. The molecule has 0 saturated heterocycles. The molecule has 2 N–H and O–H groups in total. The molecule has 20 heavy (non-hydrogen) atoms. The topological polar surface area (TPSA) is 26.0 Å². The first kappa shape index (κ1) is 16.1. The van der Waals surface area contributed by atoms with Crippen LogP contribution < -0.4 is 5.73 Å². The van der Waals surface area contributed by atoms with Crippen LogP contribution in [0.2, 0.25) is 10.0 Å². The molecule has 2 rings (SSSR count). The highest BCUT2D eigenvalue weighted by molar-refractivity contribution is 6.42. The Morgan fingerprint density at radius 2 is 1.90 bits per heavy atom. The predicted octanol–water partition coefficient (Wildman–Crippen LogP) is 5.61. The van der Waals surface area contributed by atoms with E-state index >= 15 is 0 Å². The Balaban J connectivity index is 1.91. The standard InChI is InChI=1S/C17H25Cl2N/c1-2-3-4-13-7-9-17(20,10-8-13)12-14-5-6-15(18)16(19)11-14/h5-6,11,13H,2-4,7-10,12,20H2,1H3. The quantitative estimate of drug-likeness (QED) is 0.750. The Kier molecular flexibility index (Phi) is 5.77. The van der Waals surface area contributed by atoms with Crippen LogP contribution in [0.1, 0.15) is 57.4 Å². The lowest BCUT2D eigenvalue weighted by molar-refractivity contribution is 0.221. The van der Waals surface area contributed by atoms with E-state index in [9.17, 15) is 0 Å². The highest BCUT2D eigenvalue weighted by atomic mass is 35.5. The average molecular weight is 314 g/mol. The van der Waals surface area contributed by atoms with Gasteiger partial charge in [-0.3, -0.25) is 0 Å². The van der Waals surface area contributed by atoms with E-state index in [4.69, 9.17) is 28.9 Å². The van der Waals surface area contributed by atoms with Crippen LogP contribution in [0.5, 0.6) is 0 Å². The van der Waals surface area contributed by atoms with Gasteiger partial charge in [0.25, 0.3) is 0 Å². The van der Waals surface area contributed by atoms with Gasteiger partial charge in [-0.1, -0.05) is 55.5 Å². The van der Waals surface area contributed by atoms with Crippen LogP contribution in [0.15, 0.2) is 18.2 Å². The molecule has 1 fully saturated rings. The van der Waals surface area contributed by atoms with Gasteiger partial charge in [0, 0.05) is 5.54 Å². The summed E-state index contributed by atoms with van der Waals surface area (Å²) in [7, 11) is 0. The molecule has 0 heterocycles. The highest BCUT2D eigenvalue weighted by Gasteiger charge is 2.31. The molecule has 0 unspecified atom stereocenters. The van der Waals surface area contributed by atoms with E-state index < -0.39 is 0 Å².